The summed E-state index contributed by atoms with van der Waals surface area (Å²) >= 11 is 0. The minimum Gasteiger partial charge on any atom is -0.481 e. The van der Waals surface area contributed by atoms with E-state index in [-0.39, 0.29) is 4.90 Å². The quantitative estimate of drug-likeness (QED) is 0.877. The van der Waals surface area contributed by atoms with Crippen LogP contribution in [0.25, 0.3) is 0 Å². The maximum Gasteiger partial charge on any atom is 0.310 e. The van der Waals surface area contributed by atoms with E-state index >= 15 is 0 Å². The van der Waals surface area contributed by atoms with Gasteiger partial charge in [-0.15, -0.1) is 0 Å². The van der Waals surface area contributed by atoms with Gasteiger partial charge in [-0.1, -0.05) is 12.1 Å². The molecule has 1 unspecified atom stereocenters. The molecule has 0 aliphatic rings. The summed E-state index contributed by atoms with van der Waals surface area (Å²) in [6.07, 6.45) is 0. The van der Waals surface area contributed by atoms with Crippen LogP contribution in [0.5, 0.6) is 0 Å². The Kier molecular flexibility index (Phi) is 3.90. The van der Waals surface area contributed by atoms with Crippen molar-refractivity contribution in [2.45, 2.75) is 17.7 Å². The van der Waals surface area contributed by atoms with Crippen molar-refractivity contribution in [3.05, 3.63) is 29.8 Å². The summed E-state index contributed by atoms with van der Waals surface area (Å²) in [7, 11) is -0.559. The van der Waals surface area contributed by atoms with Crippen LogP contribution in [-0.2, 0) is 14.8 Å². The average Bonchev–Trinajstić information content (AvgIpc) is 2.27. The molecule has 17 heavy (non-hydrogen) atoms. The van der Waals surface area contributed by atoms with Gasteiger partial charge in [0.1, 0.15) is 0 Å². The van der Waals surface area contributed by atoms with Gasteiger partial charge in [0.2, 0.25) is 10.0 Å². The van der Waals surface area contributed by atoms with E-state index < -0.39 is 21.9 Å². The molecule has 0 fully saturated rings. The summed E-state index contributed by atoms with van der Waals surface area (Å²) in [5.41, 5.74) is 0.579. The van der Waals surface area contributed by atoms with E-state index in [0.29, 0.717) is 5.56 Å². The smallest absolute Gasteiger partial charge is 0.310 e. The van der Waals surface area contributed by atoms with Crippen LogP contribution in [0.1, 0.15) is 18.4 Å². The molecule has 0 aliphatic heterocycles. The third kappa shape index (κ3) is 2.83. The van der Waals surface area contributed by atoms with Crippen LogP contribution in [0.15, 0.2) is 29.2 Å². The van der Waals surface area contributed by atoms with Gasteiger partial charge in [0, 0.05) is 14.1 Å². The number of carboxylic acid groups (broad SMARTS) is 1. The van der Waals surface area contributed by atoms with Crippen LogP contribution in [0.3, 0.4) is 0 Å². The van der Waals surface area contributed by atoms with Crippen LogP contribution in [-0.4, -0.2) is 37.9 Å². The minimum atomic E-state index is -3.45. The molecule has 1 N–H and O–H groups in total. The fraction of sp³-hybridized carbons (Fsp3) is 0.364. The number of rotatable bonds is 4. The third-order valence-corrected chi connectivity index (χ3v) is 4.36. The summed E-state index contributed by atoms with van der Waals surface area (Å²) < 4.78 is 24.6. The summed E-state index contributed by atoms with van der Waals surface area (Å²) in [6.45, 7) is 1.55. The van der Waals surface area contributed by atoms with Gasteiger partial charge in [-0.3, -0.25) is 4.79 Å². The number of benzene rings is 1. The monoisotopic (exact) mass is 257 g/mol. The maximum absolute atomic E-state index is 11.8. The van der Waals surface area contributed by atoms with Gasteiger partial charge in [0.05, 0.1) is 10.8 Å². The average molecular weight is 257 g/mol. The fourth-order valence-corrected chi connectivity index (χ4v) is 2.18. The highest BCUT2D eigenvalue weighted by Crippen LogP contribution is 2.19. The molecule has 0 aromatic heterocycles. The molecule has 1 rings (SSSR count). The Bertz CT molecular complexity index is 505. The molecule has 6 heteroatoms. The Morgan fingerprint density at radius 2 is 1.71 bits per heavy atom. The second-order valence-corrected chi connectivity index (χ2v) is 6.07. The van der Waals surface area contributed by atoms with Gasteiger partial charge in [-0.05, 0) is 24.6 Å². The molecule has 5 nitrogen and oxygen atoms in total. The molecule has 1 atom stereocenters. The number of hydrogen-bond donors (Lipinski definition) is 1. The predicted octanol–water partition coefficient (Wildman–Crippen LogP) is 1.12. The second-order valence-electron chi connectivity index (χ2n) is 3.92. The Morgan fingerprint density at radius 1 is 1.24 bits per heavy atom. The molecule has 0 saturated heterocycles. The van der Waals surface area contributed by atoms with Gasteiger partial charge in [-0.2, -0.15) is 0 Å². The Balaban J connectivity index is 3.09. The zero-order chi connectivity index (χ0) is 13.2. The number of nitrogens with zero attached hydrogens (tertiary/aromatic N) is 1. The van der Waals surface area contributed by atoms with E-state index in [1.807, 2.05) is 0 Å². The van der Waals surface area contributed by atoms with Crippen molar-refractivity contribution in [1.82, 2.24) is 4.31 Å². The second kappa shape index (κ2) is 4.85. The van der Waals surface area contributed by atoms with Crippen LogP contribution < -0.4 is 0 Å². The number of carboxylic acids is 1. The molecular weight excluding hydrogens is 242 g/mol. The van der Waals surface area contributed by atoms with Gasteiger partial charge in [-0.25, -0.2) is 12.7 Å². The molecule has 0 radical (unpaired) electrons. The van der Waals surface area contributed by atoms with Crippen molar-refractivity contribution in [1.29, 1.82) is 0 Å². The molecule has 0 spiro atoms. The lowest BCUT2D eigenvalue weighted by molar-refractivity contribution is -0.138. The summed E-state index contributed by atoms with van der Waals surface area (Å²) in [5.74, 6) is -1.58. The van der Waals surface area contributed by atoms with Crippen molar-refractivity contribution in [3.8, 4) is 0 Å². The zero-order valence-corrected chi connectivity index (χ0v) is 10.7. The van der Waals surface area contributed by atoms with E-state index in [2.05, 4.69) is 0 Å². The Morgan fingerprint density at radius 3 is 2.06 bits per heavy atom. The van der Waals surface area contributed by atoms with Gasteiger partial charge < -0.3 is 5.11 Å². The lowest BCUT2D eigenvalue weighted by atomic mass is 10.0. The van der Waals surface area contributed by atoms with Gasteiger partial charge in [0.25, 0.3) is 0 Å². The van der Waals surface area contributed by atoms with Crippen molar-refractivity contribution in [2.24, 2.45) is 0 Å². The van der Waals surface area contributed by atoms with Crippen molar-refractivity contribution >= 4 is 16.0 Å². The lowest BCUT2D eigenvalue weighted by Gasteiger charge is -2.12. The van der Waals surface area contributed by atoms with Crippen LogP contribution in [0.2, 0.25) is 0 Å². The molecule has 0 aliphatic carbocycles. The predicted molar refractivity (Wildman–Crippen MR) is 63.4 cm³/mol. The summed E-state index contributed by atoms with van der Waals surface area (Å²) in [5, 5.41) is 8.83. The van der Waals surface area contributed by atoms with Crippen LogP contribution in [0, 0.1) is 0 Å². The molecule has 1 aromatic carbocycles. The van der Waals surface area contributed by atoms with E-state index in [4.69, 9.17) is 5.11 Å². The molecule has 0 bridgehead atoms. The SMILES string of the molecule is CC(C(=O)O)c1ccc(S(=O)(=O)N(C)C)cc1. The highest BCUT2D eigenvalue weighted by atomic mass is 32.2. The molecular formula is C11H15NO4S. The standard InChI is InChI=1S/C11H15NO4S/c1-8(11(13)14)9-4-6-10(7-5-9)17(15,16)12(2)3/h4-8H,1-3H3,(H,13,14). The van der Waals surface area contributed by atoms with Crippen molar-refractivity contribution in [3.63, 3.8) is 0 Å². The van der Waals surface area contributed by atoms with Crippen LogP contribution in [0.4, 0.5) is 0 Å². The number of carbonyl (C=O) groups is 1. The zero-order valence-electron chi connectivity index (χ0n) is 9.91. The highest BCUT2D eigenvalue weighted by Gasteiger charge is 2.18. The Hall–Kier alpha value is -1.40. The molecule has 1 aromatic rings. The highest BCUT2D eigenvalue weighted by molar-refractivity contribution is 7.89. The fourth-order valence-electron chi connectivity index (χ4n) is 1.28. The largest absolute Gasteiger partial charge is 0.481 e. The topological polar surface area (TPSA) is 74.7 Å². The summed E-state index contributed by atoms with van der Waals surface area (Å²) in [4.78, 5) is 10.9. The third-order valence-electron chi connectivity index (χ3n) is 2.53. The lowest BCUT2D eigenvalue weighted by Crippen LogP contribution is -2.22. The van der Waals surface area contributed by atoms with E-state index in [0.717, 1.165) is 4.31 Å². The van der Waals surface area contributed by atoms with Gasteiger partial charge >= 0.3 is 5.97 Å². The maximum atomic E-state index is 11.8. The summed E-state index contributed by atoms with van der Waals surface area (Å²) in [6, 6.07) is 5.89. The Labute approximate surface area is 101 Å². The van der Waals surface area contributed by atoms with Crippen molar-refractivity contribution in [2.75, 3.05) is 14.1 Å². The first-order valence-electron chi connectivity index (χ1n) is 5.02. The van der Waals surface area contributed by atoms with E-state index in [1.165, 1.54) is 38.4 Å². The first-order valence-corrected chi connectivity index (χ1v) is 6.46. The van der Waals surface area contributed by atoms with Crippen LogP contribution >= 0.6 is 0 Å². The molecule has 94 valence electrons. The van der Waals surface area contributed by atoms with Gasteiger partial charge in [0.15, 0.2) is 0 Å². The minimum absolute atomic E-state index is 0.156. The molecule has 0 saturated carbocycles. The molecule has 0 amide bonds. The first-order chi connectivity index (χ1) is 7.76. The van der Waals surface area contributed by atoms with Crippen molar-refractivity contribution < 1.29 is 18.3 Å². The molecule has 0 heterocycles. The van der Waals surface area contributed by atoms with E-state index in [9.17, 15) is 13.2 Å². The van der Waals surface area contributed by atoms with E-state index in [1.54, 1.807) is 6.92 Å². The number of aliphatic carboxylic acids is 1. The normalized spacial score (nSPS) is 13.6. The number of sulfonamides is 1. The first kappa shape index (κ1) is 13.7. The number of hydrogen-bond acceptors (Lipinski definition) is 3.